The van der Waals surface area contributed by atoms with E-state index in [0.717, 1.165) is 11.3 Å². The molecule has 1 aromatic rings. The molecule has 1 fully saturated rings. The van der Waals surface area contributed by atoms with E-state index in [9.17, 15) is 9.00 Å². The number of hydrogen-bond donors (Lipinski definition) is 1. The van der Waals surface area contributed by atoms with Crippen molar-refractivity contribution in [2.45, 2.75) is 44.6 Å². The molecule has 1 saturated heterocycles. The lowest BCUT2D eigenvalue weighted by molar-refractivity contribution is -0.130. The lowest BCUT2D eigenvalue weighted by Crippen LogP contribution is -2.37. The van der Waals surface area contributed by atoms with Crippen LogP contribution in [0.4, 0.5) is 0 Å². The van der Waals surface area contributed by atoms with E-state index < -0.39 is 10.8 Å². The van der Waals surface area contributed by atoms with Gasteiger partial charge < -0.3 is 4.90 Å². The van der Waals surface area contributed by atoms with Crippen molar-refractivity contribution >= 4 is 28.0 Å². The summed E-state index contributed by atoms with van der Waals surface area (Å²) >= 11 is 1.65. The summed E-state index contributed by atoms with van der Waals surface area (Å²) in [6, 6.07) is 3.92. The molecule has 1 aromatic heterocycles. The van der Waals surface area contributed by atoms with Gasteiger partial charge in [0.1, 0.15) is 6.17 Å². The van der Waals surface area contributed by atoms with E-state index in [2.05, 4.69) is 19.2 Å². The summed E-state index contributed by atoms with van der Waals surface area (Å²) in [4.78, 5) is 15.7. The van der Waals surface area contributed by atoms with Crippen molar-refractivity contribution in [3.8, 4) is 0 Å². The molecule has 1 N–H and O–H groups in total. The smallest absolute Gasteiger partial charge is 0.241 e. The van der Waals surface area contributed by atoms with Crippen LogP contribution in [-0.2, 0) is 15.6 Å². The summed E-state index contributed by atoms with van der Waals surface area (Å²) in [6.45, 7) is 6.72. The van der Waals surface area contributed by atoms with E-state index in [1.165, 1.54) is 0 Å². The van der Waals surface area contributed by atoms with Crippen molar-refractivity contribution in [3.05, 3.63) is 22.4 Å². The molecule has 118 valence electrons. The molecule has 0 bridgehead atoms. The zero-order valence-corrected chi connectivity index (χ0v) is 14.7. The lowest BCUT2D eigenvalue weighted by atomic mass is 10.0. The first kappa shape index (κ1) is 16.6. The highest BCUT2D eigenvalue weighted by atomic mass is 32.2. The Hall–Kier alpha value is -0.720. The average molecular weight is 329 g/mol. The Kier molecular flexibility index (Phi) is 5.57. The topological polar surface area (TPSA) is 49.4 Å². The SMILES string of the molecule is CC(C)CC1NC(c2cccs2)N(CC(C)S(C)=O)C1=O. The Balaban J connectivity index is 2.19. The second-order valence-corrected chi connectivity index (χ2v) is 8.85. The molecule has 21 heavy (non-hydrogen) atoms. The average Bonchev–Trinajstić information content (AvgIpc) is 3.01. The molecule has 4 unspecified atom stereocenters. The number of hydrogen-bond acceptors (Lipinski definition) is 4. The van der Waals surface area contributed by atoms with Crippen LogP contribution in [0, 0.1) is 5.92 Å². The fourth-order valence-corrected chi connectivity index (χ4v) is 3.75. The summed E-state index contributed by atoms with van der Waals surface area (Å²) in [5, 5.41) is 5.46. The van der Waals surface area contributed by atoms with Crippen LogP contribution < -0.4 is 5.32 Å². The number of carbonyl (C=O) groups excluding carboxylic acids is 1. The Bertz CT molecular complexity index is 502. The molecule has 0 spiro atoms. The molecular weight excluding hydrogens is 304 g/mol. The number of rotatable bonds is 6. The summed E-state index contributed by atoms with van der Waals surface area (Å²) in [7, 11) is -0.923. The second-order valence-electron chi connectivity index (χ2n) is 6.07. The summed E-state index contributed by atoms with van der Waals surface area (Å²) in [5.41, 5.74) is 0. The highest BCUT2D eigenvalue weighted by Crippen LogP contribution is 2.30. The van der Waals surface area contributed by atoms with Crippen molar-refractivity contribution in [3.63, 3.8) is 0 Å². The van der Waals surface area contributed by atoms with Gasteiger partial charge in [-0.3, -0.25) is 14.3 Å². The van der Waals surface area contributed by atoms with Crippen LogP contribution in [0.5, 0.6) is 0 Å². The van der Waals surface area contributed by atoms with Gasteiger partial charge in [0, 0.05) is 33.7 Å². The maximum atomic E-state index is 12.7. The summed E-state index contributed by atoms with van der Waals surface area (Å²) < 4.78 is 11.6. The van der Waals surface area contributed by atoms with Gasteiger partial charge in [-0.05, 0) is 30.7 Å². The lowest BCUT2D eigenvalue weighted by Gasteiger charge is -2.25. The number of thiophene rings is 1. The molecule has 1 aliphatic rings. The van der Waals surface area contributed by atoms with E-state index in [1.807, 2.05) is 29.3 Å². The Morgan fingerprint density at radius 3 is 2.67 bits per heavy atom. The number of amides is 1. The molecule has 6 heteroatoms. The van der Waals surface area contributed by atoms with Gasteiger partial charge in [0.25, 0.3) is 0 Å². The first-order valence-electron chi connectivity index (χ1n) is 7.32. The van der Waals surface area contributed by atoms with E-state index in [0.29, 0.717) is 12.5 Å². The van der Waals surface area contributed by atoms with Crippen molar-refractivity contribution < 1.29 is 9.00 Å². The summed E-state index contributed by atoms with van der Waals surface area (Å²) in [6.07, 6.45) is 2.46. The fourth-order valence-electron chi connectivity index (χ4n) is 2.58. The summed E-state index contributed by atoms with van der Waals surface area (Å²) in [5.74, 6) is 0.604. The Morgan fingerprint density at radius 2 is 2.14 bits per heavy atom. The van der Waals surface area contributed by atoms with Crippen LogP contribution in [0.1, 0.15) is 38.2 Å². The van der Waals surface area contributed by atoms with Crippen molar-refractivity contribution in [1.82, 2.24) is 10.2 Å². The molecule has 1 amide bonds. The molecule has 1 aliphatic heterocycles. The Morgan fingerprint density at radius 1 is 1.43 bits per heavy atom. The largest absolute Gasteiger partial charge is 0.320 e. The van der Waals surface area contributed by atoms with Gasteiger partial charge in [0.05, 0.1) is 6.04 Å². The van der Waals surface area contributed by atoms with Gasteiger partial charge in [-0.1, -0.05) is 19.9 Å². The maximum absolute atomic E-state index is 12.7. The van der Waals surface area contributed by atoms with E-state index in [4.69, 9.17) is 0 Å². The first-order valence-corrected chi connectivity index (χ1v) is 9.82. The molecule has 4 nitrogen and oxygen atoms in total. The van der Waals surface area contributed by atoms with E-state index >= 15 is 0 Å². The van der Waals surface area contributed by atoms with Crippen LogP contribution >= 0.6 is 11.3 Å². The van der Waals surface area contributed by atoms with Gasteiger partial charge in [0.15, 0.2) is 0 Å². The van der Waals surface area contributed by atoms with Crippen molar-refractivity contribution in [2.24, 2.45) is 5.92 Å². The zero-order valence-electron chi connectivity index (χ0n) is 13.0. The van der Waals surface area contributed by atoms with Gasteiger partial charge in [-0.25, -0.2) is 0 Å². The van der Waals surface area contributed by atoms with Crippen molar-refractivity contribution in [1.29, 1.82) is 0 Å². The second kappa shape index (κ2) is 7.03. The third-order valence-corrected chi connectivity index (χ3v) is 6.00. The van der Waals surface area contributed by atoms with Gasteiger partial charge in [0.2, 0.25) is 5.91 Å². The minimum atomic E-state index is -0.923. The molecule has 4 atom stereocenters. The number of carbonyl (C=O) groups is 1. The van der Waals surface area contributed by atoms with Gasteiger partial charge >= 0.3 is 0 Å². The van der Waals surface area contributed by atoms with E-state index in [1.54, 1.807) is 17.6 Å². The van der Waals surface area contributed by atoms with Crippen molar-refractivity contribution in [2.75, 3.05) is 12.8 Å². The minimum absolute atomic E-state index is 0.0176. The zero-order chi connectivity index (χ0) is 15.6. The van der Waals surface area contributed by atoms with Gasteiger partial charge in [-0.2, -0.15) is 0 Å². The normalized spacial score (nSPS) is 25.6. The molecular formula is C15H24N2O2S2. The van der Waals surface area contributed by atoms with Gasteiger partial charge in [-0.15, -0.1) is 11.3 Å². The van der Waals surface area contributed by atoms with Crippen LogP contribution in [0.2, 0.25) is 0 Å². The first-order chi connectivity index (χ1) is 9.90. The third kappa shape index (κ3) is 3.93. The molecule has 0 aliphatic carbocycles. The molecule has 0 radical (unpaired) electrons. The highest BCUT2D eigenvalue weighted by Gasteiger charge is 2.40. The molecule has 0 aromatic carbocycles. The van der Waals surface area contributed by atoms with Crippen LogP contribution in [0.15, 0.2) is 17.5 Å². The Labute approximate surface area is 133 Å². The van der Waals surface area contributed by atoms with Crippen LogP contribution in [-0.4, -0.2) is 39.1 Å². The quantitative estimate of drug-likeness (QED) is 0.872. The number of nitrogens with zero attached hydrogens (tertiary/aromatic N) is 1. The predicted molar refractivity (Wildman–Crippen MR) is 88.7 cm³/mol. The fraction of sp³-hybridized carbons (Fsp3) is 0.667. The molecule has 2 rings (SSSR count). The molecule has 2 heterocycles. The standard InChI is InChI=1S/C15H24N2O2S2/c1-10(2)8-12-15(18)17(9-11(3)21(4)19)14(16-12)13-6-5-7-20-13/h5-7,10-12,14,16H,8-9H2,1-4H3. The highest BCUT2D eigenvalue weighted by molar-refractivity contribution is 7.84. The monoisotopic (exact) mass is 328 g/mol. The van der Waals surface area contributed by atoms with E-state index in [-0.39, 0.29) is 23.4 Å². The molecule has 0 saturated carbocycles. The number of nitrogens with one attached hydrogen (secondary N) is 1. The maximum Gasteiger partial charge on any atom is 0.241 e. The minimum Gasteiger partial charge on any atom is -0.320 e. The van der Waals surface area contributed by atoms with Crippen LogP contribution in [0.3, 0.4) is 0 Å². The third-order valence-electron chi connectivity index (χ3n) is 3.79. The van der Waals surface area contributed by atoms with Crippen LogP contribution in [0.25, 0.3) is 0 Å². The predicted octanol–water partition coefficient (Wildman–Crippen LogP) is 2.36.